The van der Waals surface area contributed by atoms with E-state index in [4.69, 9.17) is 14.6 Å². The first kappa shape index (κ1) is 20.1. The number of fused-ring (bicyclic) bond motifs is 5. The number of amides is 1. The van der Waals surface area contributed by atoms with Gasteiger partial charge in [-0.1, -0.05) is 48.5 Å². The molecular weight excluding hydrogens is 414 g/mol. The van der Waals surface area contributed by atoms with Crippen molar-refractivity contribution in [3.8, 4) is 11.5 Å². The van der Waals surface area contributed by atoms with E-state index in [2.05, 4.69) is 53.5 Å². The molecule has 1 amide bonds. The van der Waals surface area contributed by atoms with Crippen molar-refractivity contribution < 1.29 is 14.3 Å². The van der Waals surface area contributed by atoms with Gasteiger partial charge in [0, 0.05) is 44.8 Å². The summed E-state index contributed by atoms with van der Waals surface area (Å²) in [4.78, 5) is 13.9. The molecule has 0 saturated carbocycles. The highest BCUT2D eigenvalue weighted by Crippen LogP contribution is 2.52. The summed E-state index contributed by atoms with van der Waals surface area (Å²) in [6, 6.07) is 21.1. The van der Waals surface area contributed by atoms with Gasteiger partial charge in [0.05, 0.1) is 18.9 Å². The van der Waals surface area contributed by atoms with Crippen LogP contribution in [0.25, 0.3) is 10.8 Å². The third kappa shape index (κ3) is 3.16. The number of hydrogen-bond donors (Lipinski definition) is 0. The normalized spacial score (nSPS) is 20.8. The molecule has 1 spiro atoms. The van der Waals surface area contributed by atoms with Crippen molar-refractivity contribution in [2.75, 3.05) is 20.2 Å². The van der Waals surface area contributed by atoms with E-state index in [9.17, 15) is 4.79 Å². The van der Waals surface area contributed by atoms with Crippen LogP contribution in [0.1, 0.15) is 43.4 Å². The van der Waals surface area contributed by atoms with Crippen LogP contribution in [0.4, 0.5) is 0 Å². The molecule has 3 heterocycles. The molecule has 6 nitrogen and oxygen atoms in total. The number of hydrazone groups is 1. The maximum Gasteiger partial charge on any atom is 0.219 e. The molecule has 6 rings (SSSR count). The fourth-order valence-electron chi connectivity index (χ4n) is 5.48. The van der Waals surface area contributed by atoms with Gasteiger partial charge in [-0.05, 0) is 28.5 Å². The monoisotopic (exact) mass is 441 g/mol. The summed E-state index contributed by atoms with van der Waals surface area (Å²) in [7, 11) is 1.68. The van der Waals surface area contributed by atoms with Gasteiger partial charge in [-0.15, -0.1) is 0 Å². The van der Waals surface area contributed by atoms with Gasteiger partial charge in [-0.25, -0.2) is 5.01 Å². The number of likely N-dealkylation sites (tertiary alicyclic amines) is 1. The van der Waals surface area contributed by atoms with E-state index >= 15 is 0 Å². The fraction of sp³-hybridized carbons (Fsp3) is 0.333. The first-order valence-electron chi connectivity index (χ1n) is 11.6. The molecule has 3 aromatic carbocycles. The summed E-state index contributed by atoms with van der Waals surface area (Å²) in [5, 5.41) is 9.79. The molecule has 0 N–H and O–H groups in total. The minimum Gasteiger partial charge on any atom is -0.493 e. The van der Waals surface area contributed by atoms with Crippen LogP contribution in [0.15, 0.2) is 65.8 Å². The number of ether oxygens (including phenoxy) is 2. The van der Waals surface area contributed by atoms with Gasteiger partial charge in [0.15, 0.2) is 11.5 Å². The van der Waals surface area contributed by atoms with E-state index in [1.54, 1.807) is 14.0 Å². The van der Waals surface area contributed by atoms with E-state index in [1.807, 2.05) is 17.0 Å². The zero-order valence-electron chi connectivity index (χ0n) is 19.0. The summed E-state index contributed by atoms with van der Waals surface area (Å²) in [5.74, 6) is 1.67. The van der Waals surface area contributed by atoms with E-state index in [1.165, 1.54) is 10.8 Å². The minimum atomic E-state index is -0.586. The molecule has 3 aromatic rings. The second-order valence-electron chi connectivity index (χ2n) is 9.11. The molecule has 0 unspecified atom stereocenters. The highest BCUT2D eigenvalue weighted by molar-refractivity contribution is 6.04. The van der Waals surface area contributed by atoms with Crippen LogP contribution >= 0.6 is 0 Å². The number of hydrogen-bond acceptors (Lipinski definition) is 5. The second kappa shape index (κ2) is 7.51. The Labute approximate surface area is 193 Å². The molecule has 1 fully saturated rings. The van der Waals surface area contributed by atoms with Gasteiger partial charge >= 0.3 is 0 Å². The Balaban J connectivity index is 1.43. The molecule has 3 aliphatic rings. The average molecular weight is 442 g/mol. The lowest BCUT2D eigenvalue weighted by Gasteiger charge is -2.51. The largest absolute Gasteiger partial charge is 0.493 e. The quantitative estimate of drug-likeness (QED) is 0.577. The van der Waals surface area contributed by atoms with E-state index in [0.29, 0.717) is 25.9 Å². The number of carbonyl (C=O) groups excluding carboxylic acids is 1. The molecular formula is C27H27N3O3. The van der Waals surface area contributed by atoms with E-state index < -0.39 is 5.72 Å². The molecule has 0 bridgehead atoms. The number of para-hydroxylation sites is 1. The van der Waals surface area contributed by atoms with Gasteiger partial charge in [-0.2, -0.15) is 5.10 Å². The van der Waals surface area contributed by atoms with Gasteiger partial charge in [0.1, 0.15) is 0 Å². The van der Waals surface area contributed by atoms with Gasteiger partial charge in [0.25, 0.3) is 0 Å². The summed E-state index contributed by atoms with van der Waals surface area (Å²) < 4.78 is 12.4. The van der Waals surface area contributed by atoms with Crippen molar-refractivity contribution in [1.29, 1.82) is 0 Å². The molecule has 1 atom stereocenters. The number of methoxy groups -OCH3 is 1. The third-order valence-electron chi connectivity index (χ3n) is 7.28. The Kier molecular flexibility index (Phi) is 4.57. The molecule has 0 radical (unpaired) electrons. The summed E-state index contributed by atoms with van der Waals surface area (Å²) in [5.41, 5.74) is 2.73. The molecule has 3 aliphatic heterocycles. The first-order valence-corrected chi connectivity index (χ1v) is 11.6. The topological polar surface area (TPSA) is 54.4 Å². The fourth-order valence-corrected chi connectivity index (χ4v) is 5.48. The van der Waals surface area contributed by atoms with Crippen molar-refractivity contribution in [1.82, 2.24) is 9.91 Å². The average Bonchev–Trinajstić information content (AvgIpc) is 3.31. The zero-order valence-corrected chi connectivity index (χ0v) is 19.0. The van der Waals surface area contributed by atoms with Crippen molar-refractivity contribution >= 4 is 22.4 Å². The Hall–Kier alpha value is -3.54. The van der Waals surface area contributed by atoms with Crippen molar-refractivity contribution in [2.24, 2.45) is 5.10 Å². The minimum absolute atomic E-state index is 0.0780. The van der Waals surface area contributed by atoms with Crippen LogP contribution in [-0.2, 0) is 4.79 Å². The Morgan fingerprint density at radius 3 is 2.61 bits per heavy atom. The van der Waals surface area contributed by atoms with E-state index in [0.717, 1.165) is 34.8 Å². The summed E-state index contributed by atoms with van der Waals surface area (Å²) >= 11 is 0. The van der Waals surface area contributed by atoms with Crippen LogP contribution in [-0.4, -0.2) is 47.5 Å². The van der Waals surface area contributed by atoms with Crippen molar-refractivity contribution in [3.05, 3.63) is 71.8 Å². The summed E-state index contributed by atoms with van der Waals surface area (Å²) in [6.45, 7) is 2.94. The van der Waals surface area contributed by atoms with Crippen LogP contribution < -0.4 is 9.47 Å². The number of carbonyl (C=O) groups is 1. The molecule has 0 aromatic heterocycles. The lowest BCUT2D eigenvalue weighted by Crippen LogP contribution is -2.59. The summed E-state index contributed by atoms with van der Waals surface area (Å²) in [6.07, 6.45) is 2.21. The highest BCUT2D eigenvalue weighted by Gasteiger charge is 2.52. The number of piperidine rings is 1. The SMILES string of the molecule is COc1cccc2c1OC1(CCN(C(C)=O)CC1)N1N=C(c3ccc4ccccc4c3)C[C@H]21. The predicted molar refractivity (Wildman–Crippen MR) is 128 cm³/mol. The maximum absolute atomic E-state index is 12.0. The second-order valence-corrected chi connectivity index (χ2v) is 9.11. The van der Waals surface area contributed by atoms with Gasteiger partial charge in [0.2, 0.25) is 11.6 Å². The Bertz CT molecular complexity index is 1280. The molecule has 1 saturated heterocycles. The molecule has 6 heteroatoms. The zero-order chi connectivity index (χ0) is 22.6. The van der Waals surface area contributed by atoms with Crippen molar-refractivity contribution in [3.63, 3.8) is 0 Å². The number of nitrogens with zero attached hydrogens (tertiary/aromatic N) is 3. The van der Waals surface area contributed by atoms with Crippen LogP contribution in [0.2, 0.25) is 0 Å². The molecule has 33 heavy (non-hydrogen) atoms. The molecule has 168 valence electrons. The maximum atomic E-state index is 12.0. The van der Waals surface area contributed by atoms with E-state index in [-0.39, 0.29) is 11.9 Å². The lowest BCUT2D eigenvalue weighted by atomic mass is 9.90. The highest BCUT2D eigenvalue weighted by atomic mass is 16.5. The Morgan fingerprint density at radius 2 is 1.85 bits per heavy atom. The standard InChI is InChI=1S/C27H27N3O3/c1-18(31)29-14-12-27(13-15-29)30-24(22-8-5-9-25(32-2)26(22)33-27)17-23(28-30)21-11-10-19-6-3-4-7-20(19)16-21/h3-11,16,24H,12-15,17H2,1-2H3/t24-/m1/s1. The first-order chi connectivity index (χ1) is 16.1. The van der Waals surface area contributed by atoms with Crippen LogP contribution in [0.5, 0.6) is 11.5 Å². The number of benzene rings is 3. The van der Waals surface area contributed by atoms with Gasteiger partial charge in [-0.3, -0.25) is 4.79 Å². The van der Waals surface area contributed by atoms with Crippen molar-refractivity contribution in [2.45, 2.75) is 38.0 Å². The third-order valence-corrected chi connectivity index (χ3v) is 7.28. The van der Waals surface area contributed by atoms with Crippen LogP contribution in [0.3, 0.4) is 0 Å². The van der Waals surface area contributed by atoms with Gasteiger partial charge < -0.3 is 14.4 Å². The van der Waals surface area contributed by atoms with Crippen LogP contribution in [0, 0.1) is 0 Å². The molecule has 0 aliphatic carbocycles. The predicted octanol–water partition coefficient (Wildman–Crippen LogP) is 4.73. The Morgan fingerprint density at radius 1 is 1.06 bits per heavy atom. The smallest absolute Gasteiger partial charge is 0.219 e. The number of rotatable bonds is 2. The lowest BCUT2D eigenvalue weighted by molar-refractivity contribution is -0.159.